The lowest BCUT2D eigenvalue weighted by Gasteiger charge is -2.19. The largest absolute Gasteiger partial charge is 0.481 e. The monoisotopic (exact) mass is 318 g/mol. The summed E-state index contributed by atoms with van der Waals surface area (Å²) >= 11 is 0. The summed E-state index contributed by atoms with van der Waals surface area (Å²) in [5.41, 5.74) is -1.33. The molecule has 22 heavy (non-hydrogen) atoms. The Morgan fingerprint density at radius 3 is 1.36 bits per heavy atom. The lowest BCUT2D eigenvalue weighted by atomic mass is 9.87. The molecule has 0 aliphatic rings. The minimum atomic E-state index is -0.760. The van der Waals surface area contributed by atoms with Gasteiger partial charge in [0, 0.05) is 13.2 Å². The molecule has 0 fully saturated rings. The molecule has 0 heterocycles. The quantitative estimate of drug-likeness (QED) is 0.527. The minimum Gasteiger partial charge on any atom is -0.481 e. The van der Waals surface area contributed by atoms with Crippen LogP contribution in [-0.2, 0) is 14.3 Å². The van der Waals surface area contributed by atoms with Crippen LogP contribution in [0.15, 0.2) is 0 Å². The highest BCUT2D eigenvalue weighted by molar-refractivity contribution is 5.73. The van der Waals surface area contributed by atoms with Crippen molar-refractivity contribution in [3.05, 3.63) is 0 Å². The SMILES string of the molecule is C.CC(C)(CCCCOCCCCC(C)(C)C(=O)O)C(=O)O. The third-order valence-electron chi connectivity index (χ3n) is 3.84. The van der Waals surface area contributed by atoms with E-state index in [9.17, 15) is 9.59 Å². The molecule has 0 amide bonds. The molecular weight excluding hydrogens is 284 g/mol. The fourth-order valence-corrected chi connectivity index (χ4v) is 1.86. The van der Waals surface area contributed by atoms with Crippen LogP contribution >= 0.6 is 0 Å². The highest BCUT2D eigenvalue weighted by atomic mass is 16.5. The van der Waals surface area contributed by atoms with E-state index in [1.165, 1.54) is 0 Å². The van der Waals surface area contributed by atoms with Crippen LogP contribution in [-0.4, -0.2) is 35.4 Å². The van der Waals surface area contributed by atoms with Crippen molar-refractivity contribution in [2.75, 3.05) is 13.2 Å². The molecule has 0 bridgehead atoms. The average molecular weight is 318 g/mol. The highest BCUT2D eigenvalue weighted by Crippen LogP contribution is 2.24. The zero-order valence-electron chi connectivity index (χ0n) is 13.8. The summed E-state index contributed by atoms with van der Waals surface area (Å²) in [7, 11) is 0. The molecule has 0 aliphatic carbocycles. The highest BCUT2D eigenvalue weighted by Gasteiger charge is 2.26. The minimum absolute atomic E-state index is 0. The number of rotatable bonds is 12. The normalized spacial score (nSPS) is 11.8. The molecule has 0 atom stereocenters. The number of unbranched alkanes of at least 4 members (excludes halogenated alkanes) is 2. The molecule has 0 aromatic carbocycles. The second-order valence-electron chi connectivity index (χ2n) is 6.90. The molecule has 0 aromatic heterocycles. The molecule has 132 valence electrons. The smallest absolute Gasteiger partial charge is 0.309 e. The van der Waals surface area contributed by atoms with E-state index in [0.29, 0.717) is 26.1 Å². The summed E-state index contributed by atoms with van der Waals surface area (Å²) in [6, 6.07) is 0. The van der Waals surface area contributed by atoms with Crippen molar-refractivity contribution >= 4 is 11.9 Å². The van der Waals surface area contributed by atoms with Gasteiger partial charge < -0.3 is 14.9 Å². The van der Waals surface area contributed by atoms with E-state index < -0.39 is 22.8 Å². The third-order valence-corrected chi connectivity index (χ3v) is 3.84. The van der Waals surface area contributed by atoms with Crippen molar-refractivity contribution in [1.82, 2.24) is 0 Å². The Labute approximate surface area is 135 Å². The number of hydrogen-bond donors (Lipinski definition) is 2. The predicted molar refractivity (Wildman–Crippen MR) is 88.1 cm³/mol. The molecule has 5 nitrogen and oxygen atoms in total. The first-order valence-corrected chi connectivity index (χ1v) is 7.64. The van der Waals surface area contributed by atoms with Gasteiger partial charge in [0.15, 0.2) is 0 Å². The number of aliphatic carboxylic acids is 2. The van der Waals surface area contributed by atoms with Gasteiger partial charge in [-0.2, -0.15) is 0 Å². The van der Waals surface area contributed by atoms with Crippen LogP contribution in [0.3, 0.4) is 0 Å². The van der Waals surface area contributed by atoms with Gasteiger partial charge in [-0.05, 0) is 53.4 Å². The van der Waals surface area contributed by atoms with Gasteiger partial charge in [0.05, 0.1) is 10.8 Å². The van der Waals surface area contributed by atoms with Crippen LogP contribution in [0.5, 0.6) is 0 Å². The molecule has 0 spiro atoms. The number of ether oxygens (including phenoxy) is 1. The van der Waals surface area contributed by atoms with Crippen molar-refractivity contribution in [3.63, 3.8) is 0 Å². The van der Waals surface area contributed by atoms with Crippen molar-refractivity contribution < 1.29 is 24.5 Å². The molecule has 0 unspecified atom stereocenters. The fourth-order valence-electron chi connectivity index (χ4n) is 1.86. The zero-order chi connectivity index (χ0) is 16.5. The second kappa shape index (κ2) is 10.6. The van der Waals surface area contributed by atoms with Gasteiger partial charge in [-0.3, -0.25) is 9.59 Å². The van der Waals surface area contributed by atoms with E-state index in [2.05, 4.69) is 0 Å². The molecular formula is C17H34O5. The topological polar surface area (TPSA) is 83.8 Å². The van der Waals surface area contributed by atoms with Crippen molar-refractivity contribution in [3.8, 4) is 0 Å². The molecule has 0 saturated carbocycles. The van der Waals surface area contributed by atoms with Gasteiger partial charge in [-0.15, -0.1) is 0 Å². The fraction of sp³-hybridized carbons (Fsp3) is 0.882. The van der Waals surface area contributed by atoms with Crippen LogP contribution < -0.4 is 0 Å². The van der Waals surface area contributed by atoms with E-state index in [1.807, 2.05) is 0 Å². The van der Waals surface area contributed by atoms with Gasteiger partial charge in [0.1, 0.15) is 0 Å². The second-order valence-corrected chi connectivity index (χ2v) is 6.90. The van der Waals surface area contributed by atoms with E-state index in [1.54, 1.807) is 27.7 Å². The van der Waals surface area contributed by atoms with Gasteiger partial charge >= 0.3 is 11.9 Å². The Morgan fingerprint density at radius 1 is 0.773 bits per heavy atom. The maximum absolute atomic E-state index is 10.9. The first kappa shape index (κ1) is 23.2. The van der Waals surface area contributed by atoms with Gasteiger partial charge in [-0.1, -0.05) is 20.3 Å². The molecule has 0 rings (SSSR count). The summed E-state index contributed by atoms with van der Waals surface area (Å²) in [6.45, 7) is 8.22. The van der Waals surface area contributed by atoms with Crippen LogP contribution in [0.1, 0.15) is 73.6 Å². The first-order chi connectivity index (χ1) is 9.59. The molecule has 0 aliphatic heterocycles. The molecule has 0 aromatic rings. The summed E-state index contributed by atoms with van der Waals surface area (Å²) < 4.78 is 5.49. The Hall–Kier alpha value is -1.10. The average Bonchev–Trinajstić information content (AvgIpc) is 2.36. The van der Waals surface area contributed by atoms with Gasteiger partial charge in [0.25, 0.3) is 0 Å². The van der Waals surface area contributed by atoms with Crippen molar-refractivity contribution in [1.29, 1.82) is 0 Å². The molecule has 2 N–H and O–H groups in total. The summed E-state index contributed by atoms with van der Waals surface area (Å²) in [5.74, 6) is -1.52. The third kappa shape index (κ3) is 9.77. The molecule has 0 radical (unpaired) electrons. The van der Waals surface area contributed by atoms with Crippen LogP contribution in [0.2, 0.25) is 0 Å². The number of carboxylic acid groups (broad SMARTS) is 2. The maximum atomic E-state index is 10.9. The summed E-state index contributed by atoms with van der Waals surface area (Å²) in [4.78, 5) is 21.8. The number of carboxylic acids is 2. The predicted octanol–water partition coefficient (Wildman–Crippen LogP) is 4.20. The van der Waals surface area contributed by atoms with Crippen molar-refractivity contribution in [2.45, 2.75) is 73.6 Å². The zero-order valence-corrected chi connectivity index (χ0v) is 13.8. The summed E-state index contributed by atoms with van der Waals surface area (Å²) in [6.07, 6.45) is 4.70. The van der Waals surface area contributed by atoms with E-state index in [-0.39, 0.29) is 7.43 Å². The molecule has 0 saturated heterocycles. The maximum Gasteiger partial charge on any atom is 0.309 e. The van der Waals surface area contributed by atoms with E-state index >= 15 is 0 Å². The Kier molecular flexibility index (Phi) is 11.2. The van der Waals surface area contributed by atoms with E-state index in [4.69, 9.17) is 14.9 Å². The van der Waals surface area contributed by atoms with Crippen LogP contribution in [0.4, 0.5) is 0 Å². The number of carbonyl (C=O) groups is 2. The Morgan fingerprint density at radius 2 is 1.09 bits per heavy atom. The standard InChI is InChI=1S/C16H30O5.CH4/c1-15(2,13(17)18)9-5-7-11-21-12-8-6-10-16(3,4)14(19)20;/h5-12H2,1-4H3,(H,17,18)(H,19,20);1H4. The van der Waals surface area contributed by atoms with Crippen LogP contribution in [0.25, 0.3) is 0 Å². The van der Waals surface area contributed by atoms with Gasteiger partial charge in [0.2, 0.25) is 0 Å². The lowest BCUT2D eigenvalue weighted by molar-refractivity contribution is -0.148. The number of hydrogen-bond acceptors (Lipinski definition) is 3. The lowest BCUT2D eigenvalue weighted by Crippen LogP contribution is -2.23. The summed E-state index contributed by atoms with van der Waals surface area (Å²) in [5, 5.41) is 17.9. The van der Waals surface area contributed by atoms with E-state index in [0.717, 1.165) is 25.7 Å². The Bertz CT molecular complexity index is 302. The van der Waals surface area contributed by atoms with Gasteiger partial charge in [-0.25, -0.2) is 0 Å². The Balaban J connectivity index is 0. The first-order valence-electron chi connectivity index (χ1n) is 7.64. The van der Waals surface area contributed by atoms with Crippen LogP contribution in [0, 0.1) is 10.8 Å². The molecule has 5 heteroatoms. The van der Waals surface area contributed by atoms with Crippen molar-refractivity contribution in [2.24, 2.45) is 10.8 Å².